The molecule has 1 aromatic heterocycles. The van der Waals surface area contributed by atoms with Crippen molar-refractivity contribution in [2.24, 2.45) is 0 Å². The zero-order valence-corrected chi connectivity index (χ0v) is 10.2. The van der Waals surface area contributed by atoms with Crippen molar-refractivity contribution in [1.82, 2.24) is 4.98 Å². The molecule has 0 aliphatic carbocycles. The lowest BCUT2D eigenvalue weighted by Crippen LogP contribution is -1.93. The third kappa shape index (κ3) is 2.97. The SMILES string of the molecule is N#Cc1cccc(Oc2cc([N+](=O)[O-])ccc2Cl)n1. The summed E-state index contributed by atoms with van der Waals surface area (Å²) in [6.45, 7) is 0. The van der Waals surface area contributed by atoms with Crippen LogP contribution in [0.25, 0.3) is 0 Å². The minimum absolute atomic E-state index is 0.110. The van der Waals surface area contributed by atoms with Crippen molar-refractivity contribution < 1.29 is 9.66 Å². The van der Waals surface area contributed by atoms with Crippen LogP contribution < -0.4 is 4.74 Å². The number of hydrogen-bond acceptors (Lipinski definition) is 5. The summed E-state index contributed by atoms with van der Waals surface area (Å²) in [4.78, 5) is 14.0. The van der Waals surface area contributed by atoms with Gasteiger partial charge in [-0.25, -0.2) is 4.98 Å². The predicted molar refractivity (Wildman–Crippen MR) is 67.1 cm³/mol. The first kappa shape index (κ1) is 12.8. The molecule has 94 valence electrons. The number of nitriles is 1. The van der Waals surface area contributed by atoms with Gasteiger partial charge in [-0.15, -0.1) is 0 Å². The van der Waals surface area contributed by atoms with Gasteiger partial charge in [-0.05, 0) is 12.1 Å². The largest absolute Gasteiger partial charge is 0.437 e. The molecule has 0 amide bonds. The van der Waals surface area contributed by atoms with Crippen LogP contribution in [-0.4, -0.2) is 9.91 Å². The zero-order valence-electron chi connectivity index (χ0n) is 9.41. The molecule has 19 heavy (non-hydrogen) atoms. The maximum atomic E-state index is 10.7. The maximum absolute atomic E-state index is 10.7. The van der Waals surface area contributed by atoms with Crippen LogP contribution in [0.2, 0.25) is 5.02 Å². The van der Waals surface area contributed by atoms with Gasteiger partial charge in [-0.1, -0.05) is 17.7 Å². The second-order valence-corrected chi connectivity index (χ2v) is 3.85. The van der Waals surface area contributed by atoms with Crippen molar-refractivity contribution in [2.45, 2.75) is 0 Å². The molecule has 0 saturated carbocycles. The second-order valence-electron chi connectivity index (χ2n) is 3.45. The molecular formula is C12H6ClN3O3. The molecule has 6 nitrogen and oxygen atoms in total. The summed E-state index contributed by atoms with van der Waals surface area (Å²) in [6, 6.07) is 10.3. The van der Waals surface area contributed by atoms with E-state index in [-0.39, 0.29) is 28.0 Å². The Labute approximate surface area is 113 Å². The average Bonchev–Trinajstić information content (AvgIpc) is 2.41. The Morgan fingerprint density at radius 3 is 2.84 bits per heavy atom. The molecule has 1 aromatic carbocycles. The molecule has 0 bridgehead atoms. The summed E-state index contributed by atoms with van der Waals surface area (Å²) in [5.41, 5.74) is 0.0369. The fourth-order valence-electron chi connectivity index (χ4n) is 1.33. The standard InChI is InChI=1S/C12H6ClN3O3/c13-10-5-4-9(16(17)18)6-11(10)19-12-3-1-2-8(7-14)15-12/h1-6H. The Balaban J connectivity index is 2.34. The predicted octanol–water partition coefficient (Wildman–Crippen LogP) is 3.31. The van der Waals surface area contributed by atoms with E-state index in [2.05, 4.69) is 4.98 Å². The van der Waals surface area contributed by atoms with E-state index in [4.69, 9.17) is 21.6 Å². The summed E-state index contributed by atoms with van der Waals surface area (Å²) in [6.07, 6.45) is 0. The smallest absolute Gasteiger partial charge is 0.273 e. The summed E-state index contributed by atoms with van der Waals surface area (Å²) < 4.78 is 5.34. The number of rotatable bonds is 3. The first-order chi connectivity index (χ1) is 9.10. The van der Waals surface area contributed by atoms with Gasteiger partial charge in [-0.3, -0.25) is 10.1 Å². The summed E-state index contributed by atoms with van der Waals surface area (Å²) in [5.74, 6) is 0.250. The Kier molecular flexibility index (Phi) is 3.59. The highest BCUT2D eigenvalue weighted by molar-refractivity contribution is 6.32. The molecule has 7 heteroatoms. The first-order valence-corrected chi connectivity index (χ1v) is 5.47. The van der Waals surface area contributed by atoms with Crippen LogP contribution in [0.3, 0.4) is 0 Å². The summed E-state index contributed by atoms with van der Waals surface area (Å²) >= 11 is 5.88. The average molecular weight is 276 g/mol. The van der Waals surface area contributed by atoms with Gasteiger partial charge in [0, 0.05) is 12.1 Å². The highest BCUT2D eigenvalue weighted by Gasteiger charge is 2.12. The number of pyridine rings is 1. The topological polar surface area (TPSA) is 89.0 Å². The van der Waals surface area contributed by atoms with Gasteiger partial charge < -0.3 is 4.74 Å². The molecule has 2 aromatic rings. The van der Waals surface area contributed by atoms with Crippen LogP contribution in [0.1, 0.15) is 5.69 Å². The number of hydrogen-bond donors (Lipinski definition) is 0. The van der Waals surface area contributed by atoms with E-state index in [1.807, 2.05) is 6.07 Å². The van der Waals surface area contributed by atoms with Gasteiger partial charge in [-0.2, -0.15) is 5.26 Å². The minimum Gasteiger partial charge on any atom is -0.437 e. The lowest BCUT2D eigenvalue weighted by Gasteiger charge is -2.06. The number of ether oxygens (including phenoxy) is 1. The third-order valence-electron chi connectivity index (χ3n) is 2.18. The van der Waals surface area contributed by atoms with Crippen molar-refractivity contribution in [2.75, 3.05) is 0 Å². The molecule has 0 saturated heterocycles. The number of benzene rings is 1. The van der Waals surface area contributed by atoms with Gasteiger partial charge in [0.25, 0.3) is 5.69 Å². The van der Waals surface area contributed by atoms with E-state index in [1.165, 1.54) is 30.3 Å². The van der Waals surface area contributed by atoms with Crippen molar-refractivity contribution in [3.05, 3.63) is 57.2 Å². The minimum atomic E-state index is -0.553. The van der Waals surface area contributed by atoms with Crippen LogP contribution in [0.15, 0.2) is 36.4 Å². The molecule has 0 N–H and O–H groups in total. The van der Waals surface area contributed by atoms with Gasteiger partial charge >= 0.3 is 0 Å². The molecule has 0 fully saturated rings. The number of nitrogens with zero attached hydrogens (tertiary/aromatic N) is 3. The quantitative estimate of drug-likeness (QED) is 0.633. The summed E-state index contributed by atoms with van der Waals surface area (Å²) in [7, 11) is 0. The molecule has 2 rings (SSSR count). The van der Waals surface area contributed by atoms with E-state index < -0.39 is 4.92 Å². The fraction of sp³-hybridized carbons (Fsp3) is 0. The molecule has 0 aliphatic heterocycles. The van der Waals surface area contributed by atoms with Crippen LogP contribution in [0.4, 0.5) is 5.69 Å². The van der Waals surface area contributed by atoms with Crippen LogP contribution in [0.5, 0.6) is 11.6 Å². The normalized spacial score (nSPS) is 9.68. The van der Waals surface area contributed by atoms with Crippen molar-refractivity contribution in [3.63, 3.8) is 0 Å². The van der Waals surface area contributed by atoms with Crippen LogP contribution >= 0.6 is 11.6 Å². The molecule has 0 aliphatic rings. The third-order valence-corrected chi connectivity index (χ3v) is 2.49. The monoisotopic (exact) mass is 275 g/mol. The molecule has 0 radical (unpaired) electrons. The maximum Gasteiger partial charge on any atom is 0.273 e. The number of aromatic nitrogens is 1. The van der Waals surface area contributed by atoms with E-state index in [0.717, 1.165) is 0 Å². The summed E-state index contributed by atoms with van der Waals surface area (Å²) in [5, 5.41) is 19.6. The Bertz CT molecular complexity index is 682. The van der Waals surface area contributed by atoms with Crippen LogP contribution in [-0.2, 0) is 0 Å². The zero-order chi connectivity index (χ0) is 13.8. The first-order valence-electron chi connectivity index (χ1n) is 5.09. The molecule has 0 unspecified atom stereocenters. The van der Waals surface area contributed by atoms with Gasteiger partial charge in [0.15, 0.2) is 5.75 Å². The highest BCUT2D eigenvalue weighted by Crippen LogP contribution is 2.31. The Hall–Kier alpha value is -2.65. The van der Waals surface area contributed by atoms with Gasteiger partial charge in [0.1, 0.15) is 11.8 Å². The Morgan fingerprint density at radius 2 is 2.16 bits per heavy atom. The van der Waals surface area contributed by atoms with E-state index >= 15 is 0 Å². The molecule has 1 heterocycles. The van der Waals surface area contributed by atoms with Crippen molar-refractivity contribution in [3.8, 4) is 17.7 Å². The van der Waals surface area contributed by atoms with E-state index in [9.17, 15) is 10.1 Å². The number of halogens is 1. The highest BCUT2D eigenvalue weighted by atomic mass is 35.5. The van der Waals surface area contributed by atoms with E-state index in [0.29, 0.717) is 0 Å². The van der Waals surface area contributed by atoms with Gasteiger partial charge in [0.05, 0.1) is 16.0 Å². The lowest BCUT2D eigenvalue weighted by molar-refractivity contribution is -0.384. The van der Waals surface area contributed by atoms with Crippen LogP contribution in [0, 0.1) is 21.4 Å². The molecular weight excluding hydrogens is 270 g/mol. The van der Waals surface area contributed by atoms with Gasteiger partial charge in [0.2, 0.25) is 5.88 Å². The Morgan fingerprint density at radius 1 is 1.37 bits per heavy atom. The number of nitro groups is 1. The second kappa shape index (κ2) is 5.33. The van der Waals surface area contributed by atoms with Crippen molar-refractivity contribution >= 4 is 17.3 Å². The molecule has 0 spiro atoms. The van der Waals surface area contributed by atoms with Crippen molar-refractivity contribution in [1.29, 1.82) is 5.26 Å². The fourth-order valence-corrected chi connectivity index (χ4v) is 1.49. The number of nitro benzene ring substituents is 1. The molecule has 0 atom stereocenters. The van der Waals surface area contributed by atoms with E-state index in [1.54, 1.807) is 6.07 Å². The number of non-ortho nitro benzene ring substituents is 1. The lowest BCUT2D eigenvalue weighted by atomic mass is 10.3.